The minimum absolute atomic E-state index is 0.0225. The molecule has 1 nitrogen and oxygen atoms in total. The molecule has 0 spiro atoms. The maximum Gasteiger partial charge on any atom is 0.126 e. The summed E-state index contributed by atoms with van der Waals surface area (Å²) in [5.41, 5.74) is 20.9. The van der Waals surface area contributed by atoms with Gasteiger partial charge in [-0.25, -0.2) is 0 Å². The molecule has 5 rings (SSSR count). The molecule has 2 aromatic carbocycles. The highest BCUT2D eigenvalue weighted by Crippen LogP contribution is 2.57. The van der Waals surface area contributed by atoms with Crippen LogP contribution in [0.25, 0.3) is 17.2 Å². The predicted molar refractivity (Wildman–Crippen MR) is 191 cm³/mol. The molecule has 1 atom stereocenters. The second-order valence-corrected chi connectivity index (χ2v) is 21.5. The molecular formula is C41H58OSi. The van der Waals surface area contributed by atoms with Gasteiger partial charge in [-0.2, -0.15) is 0 Å². The van der Waals surface area contributed by atoms with E-state index in [4.69, 9.17) is 4.74 Å². The van der Waals surface area contributed by atoms with Crippen molar-refractivity contribution < 1.29 is 4.74 Å². The summed E-state index contributed by atoms with van der Waals surface area (Å²) in [4.78, 5) is 0. The van der Waals surface area contributed by atoms with Gasteiger partial charge >= 0.3 is 0 Å². The van der Waals surface area contributed by atoms with Gasteiger partial charge in [0.15, 0.2) is 0 Å². The summed E-state index contributed by atoms with van der Waals surface area (Å²) < 4.78 is 6.20. The maximum absolute atomic E-state index is 6.20. The average molecular weight is 595 g/mol. The Morgan fingerprint density at radius 2 is 1.26 bits per heavy atom. The quantitative estimate of drug-likeness (QED) is 0.253. The molecule has 2 heteroatoms. The van der Waals surface area contributed by atoms with Crippen LogP contribution in [0.2, 0.25) is 18.6 Å². The second kappa shape index (κ2) is 10.9. The zero-order valence-corrected chi connectivity index (χ0v) is 30.9. The largest absolute Gasteiger partial charge is 0.496 e. The molecule has 0 amide bonds. The molecular weight excluding hydrogens is 537 g/mol. The van der Waals surface area contributed by atoms with E-state index in [9.17, 15) is 0 Å². The van der Waals surface area contributed by atoms with Crippen molar-refractivity contribution >= 4 is 14.1 Å². The highest BCUT2D eigenvalue weighted by molar-refractivity contribution is 6.82. The monoisotopic (exact) mass is 594 g/mol. The lowest BCUT2D eigenvalue weighted by molar-refractivity contribution is 0.381. The first kappa shape index (κ1) is 32.1. The summed E-state index contributed by atoms with van der Waals surface area (Å²) in [6.07, 6.45) is 8.92. The predicted octanol–water partition coefficient (Wildman–Crippen LogP) is 12.0. The van der Waals surface area contributed by atoms with E-state index < -0.39 is 8.07 Å². The first-order chi connectivity index (χ1) is 19.9. The topological polar surface area (TPSA) is 9.23 Å². The molecule has 2 aromatic rings. The van der Waals surface area contributed by atoms with Gasteiger partial charge in [-0.15, -0.1) is 0 Å². The zero-order chi connectivity index (χ0) is 31.8. The number of ether oxygens (including phenoxy) is 1. The van der Waals surface area contributed by atoms with Gasteiger partial charge in [0.1, 0.15) is 5.75 Å². The van der Waals surface area contributed by atoms with E-state index in [1.807, 2.05) is 7.11 Å². The summed E-state index contributed by atoms with van der Waals surface area (Å²) >= 11 is 0. The van der Waals surface area contributed by atoms with Crippen LogP contribution in [-0.4, -0.2) is 15.2 Å². The SMILES string of the molecule is COc1c(C(C)(C)C)cc(-c2c3c(cc4c2CCCCC4)C([Si](C)(C)C2C(C)=C(C)C(C)=C2C)C(C)=C3)cc1C(C)(C)C. The van der Waals surface area contributed by atoms with Crippen molar-refractivity contribution in [2.75, 3.05) is 7.11 Å². The fourth-order valence-corrected chi connectivity index (χ4v) is 14.4. The lowest BCUT2D eigenvalue weighted by Crippen LogP contribution is -2.41. The van der Waals surface area contributed by atoms with E-state index in [2.05, 4.69) is 114 Å². The van der Waals surface area contributed by atoms with Crippen LogP contribution in [0.5, 0.6) is 5.75 Å². The molecule has 0 saturated carbocycles. The normalized spacial score (nSPS) is 20.0. The molecule has 0 bridgehead atoms. The number of methoxy groups -OCH3 is 1. The number of aryl methyl sites for hydroxylation is 1. The molecule has 232 valence electrons. The van der Waals surface area contributed by atoms with Gasteiger partial charge in [0.25, 0.3) is 0 Å². The van der Waals surface area contributed by atoms with E-state index in [0.29, 0.717) is 11.1 Å². The number of rotatable bonds is 4. The van der Waals surface area contributed by atoms with Gasteiger partial charge < -0.3 is 4.74 Å². The molecule has 0 heterocycles. The van der Waals surface area contributed by atoms with E-state index >= 15 is 0 Å². The molecule has 3 aliphatic rings. The van der Waals surface area contributed by atoms with Gasteiger partial charge in [0, 0.05) is 16.7 Å². The van der Waals surface area contributed by atoms with Crippen LogP contribution in [0.3, 0.4) is 0 Å². The van der Waals surface area contributed by atoms with Crippen LogP contribution in [-0.2, 0) is 23.7 Å². The molecule has 0 aliphatic heterocycles. The van der Waals surface area contributed by atoms with Crippen LogP contribution >= 0.6 is 0 Å². The van der Waals surface area contributed by atoms with Crippen LogP contribution in [0.15, 0.2) is 46.1 Å². The van der Waals surface area contributed by atoms with Crippen molar-refractivity contribution in [2.24, 2.45) is 0 Å². The number of hydrogen-bond donors (Lipinski definition) is 0. The lowest BCUT2D eigenvalue weighted by atomic mass is 9.76. The smallest absolute Gasteiger partial charge is 0.126 e. The number of hydrogen-bond acceptors (Lipinski definition) is 1. The molecule has 1 unspecified atom stereocenters. The van der Waals surface area contributed by atoms with E-state index in [1.165, 1.54) is 71.1 Å². The van der Waals surface area contributed by atoms with Gasteiger partial charge in [-0.3, -0.25) is 0 Å². The van der Waals surface area contributed by atoms with Crippen molar-refractivity contribution in [2.45, 2.75) is 143 Å². The summed E-state index contributed by atoms with van der Waals surface area (Å²) in [5, 5.41) is 0. The van der Waals surface area contributed by atoms with Crippen molar-refractivity contribution in [1.82, 2.24) is 0 Å². The average Bonchev–Trinajstić information content (AvgIpc) is 3.20. The van der Waals surface area contributed by atoms with Crippen molar-refractivity contribution in [3.63, 3.8) is 0 Å². The minimum atomic E-state index is -1.84. The number of benzene rings is 2. The lowest BCUT2D eigenvalue weighted by Gasteiger charge is -2.40. The zero-order valence-electron chi connectivity index (χ0n) is 29.9. The summed E-state index contributed by atoms with van der Waals surface area (Å²) in [5.74, 6) is 1.07. The second-order valence-electron chi connectivity index (χ2n) is 16.7. The van der Waals surface area contributed by atoms with Gasteiger partial charge in [0.2, 0.25) is 0 Å². The van der Waals surface area contributed by atoms with Crippen LogP contribution in [0, 0.1) is 0 Å². The Hall–Kier alpha value is -2.32. The van der Waals surface area contributed by atoms with Crippen LogP contribution in [0.1, 0.15) is 134 Å². The third kappa shape index (κ3) is 5.24. The Bertz CT molecular complexity index is 1500. The Labute approximate surface area is 264 Å². The van der Waals surface area contributed by atoms with E-state index in [1.54, 1.807) is 33.4 Å². The summed E-state index contributed by atoms with van der Waals surface area (Å²) in [6, 6.07) is 7.69. The summed E-state index contributed by atoms with van der Waals surface area (Å²) in [6.45, 7) is 31.4. The van der Waals surface area contributed by atoms with Gasteiger partial charge in [-0.05, 0) is 133 Å². The first-order valence-electron chi connectivity index (χ1n) is 16.9. The van der Waals surface area contributed by atoms with Crippen molar-refractivity contribution in [3.8, 4) is 16.9 Å². The van der Waals surface area contributed by atoms with E-state index in [0.717, 1.165) is 5.75 Å². The standard InChI is InChI=1S/C41H58OSi/c1-24-20-32-33(38(24)43(13,14)39-27(4)25(2)26(3)28(39)5)21-29-18-16-15-17-19-31(29)36(32)30-22-34(40(6,7)8)37(42-12)35(23-30)41(9,10)11/h20-23,38-39H,15-19H2,1-14H3. The maximum atomic E-state index is 6.20. The van der Waals surface area contributed by atoms with Crippen LogP contribution in [0.4, 0.5) is 0 Å². The van der Waals surface area contributed by atoms with Crippen molar-refractivity contribution in [3.05, 3.63) is 79.4 Å². The van der Waals surface area contributed by atoms with Crippen LogP contribution < -0.4 is 4.74 Å². The molecule has 3 aliphatic carbocycles. The van der Waals surface area contributed by atoms with E-state index in [-0.39, 0.29) is 10.8 Å². The Morgan fingerprint density at radius 3 is 1.77 bits per heavy atom. The first-order valence-corrected chi connectivity index (χ1v) is 20.0. The Morgan fingerprint density at radius 1 is 0.721 bits per heavy atom. The van der Waals surface area contributed by atoms with Crippen molar-refractivity contribution in [1.29, 1.82) is 0 Å². The number of fused-ring (bicyclic) bond motifs is 2. The Balaban J connectivity index is 1.83. The fourth-order valence-electron chi connectivity index (χ4n) is 9.13. The third-order valence-corrected chi connectivity index (χ3v) is 16.0. The molecule has 0 radical (unpaired) electrons. The minimum Gasteiger partial charge on any atom is -0.496 e. The molecule has 0 fully saturated rings. The molecule has 0 saturated heterocycles. The molecule has 0 aromatic heterocycles. The fraction of sp³-hybridized carbons (Fsp3) is 0.561. The van der Waals surface area contributed by atoms with Gasteiger partial charge in [-0.1, -0.05) is 89.9 Å². The highest BCUT2D eigenvalue weighted by atomic mass is 28.3. The third-order valence-electron chi connectivity index (χ3n) is 11.4. The number of allylic oxidation sites excluding steroid dienone is 5. The molecule has 43 heavy (non-hydrogen) atoms. The Kier molecular flexibility index (Phi) is 8.16. The highest BCUT2D eigenvalue weighted by Gasteiger charge is 2.47. The van der Waals surface area contributed by atoms with Gasteiger partial charge in [0.05, 0.1) is 15.2 Å². The molecule has 0 N–H and O–H groups in total. The summed E-state index contributed by atoms with van der Waals surface area (Å²) in [7, 11) is 0.0122.